The number of ether oxygens (including phenoxy) is 2. The largest absolute Gasteiger partial charge is 0.380 e. The Bertz CT molecular complexity index is 818. The molecule has 1 aliphatic carbocycles. The van der Waals surface area contributed by atoms with E-state index in [4.69, 9.17) is 19.2 Å². The first-order chi connectivity index (χ1) is 15.4. The molecule has 2 bridgehead atoms. The molecule has 5 fully saturated rings. The van der Waals surface area contributed by atoms with E-state index in [1.807, 2.05) is 17.9 Å². The van der Waals surface area contributed by atoms with Crippen molar-refractivity contribution >= 4 is 5.91 Å². The molecule has 1 spiro atoms. The molecule has 1 amide bonds. The Morgan fingerprint density at radius 3 is 2.69 bits per heavy atom. The quantitative estimate of drug-likeness (QED) is 0.464. The van der Waals surface area contributed by atoms with Crippen LogP contribution < -0.4 is 0 Å². The summed E-state index contributed by atoms with van der Waals surface area (Å²) in [5.41, 5.74) is 0.751. The zero-order chi connectivity index (χ0) is 22.3. The molecule has 4 saturated heterocycles. The Morgan fingerprint density at radius 2 is 1.88 bits per heavy atom. The third-order valence-corrected chi connectivity index (χ3v) is 8.43. The average Bonchev–Trinajstić information content (AvgIpc) is 3.03. The highest BCUT2D eigenvalue weighted by molar-refractivity contribution is 5.80. The van der Waals surface area contributed by atoms with E-state index in [0.717, 1.165) is 38.5 Å². The maximum Gasteiger partial charge on any atom is 0.227 e. The van der Waals surface area contributed by atoms with E-state index >= 15 is 0 Å². The summed E-state index contributed by atoms with van der Waals surface area (Å²) >= 11 is 0. The Balaban J connectivity index is 1.27. The number of rotatable bonds is 7. The van der Waals surface area contributed by atoms with Gasteiger partial charge in [0.2, 0.25) is 11.7 Å². The average molecular weight is 444 g/mol. The molecule has 4 heterocycles. The number of hydrogen-bond acceptors (Lipinski definition) is 5. The van der Waals surface area contributed by atoms with Gasteiger partial charge in [0, 0.05) is 31.4 Å². The molecule has 0 radical (unpaired) electrons. The minimum absolute atomic E-state index is 0.103. The number of hydrogen-bond donors (Lipinski definition) is 0. The summed E-state index contributed by atoms with van der Waals surface area (Å²) < 4.78 is 12.5. The number of benzene rings is 1. The van der Waals surface area contributed by atoms with Crippen molar-refractivity contribution in [3.05, 3.63) is 35.9 Å². The Kier molecular flexibility index (Phi) is 6.08. The zero-order valence-corrected chi connectivity index (χ0v) is 19.6. The van der Waals surface area contributed by atoms with Crippen LogP contribution in [0.2, 0.25) is 0 Å². The fraction of sp³-hybridized carbons (Fsp3) is 0.731. The lowest BCUT2D eigenvalue weighted by Gasteiger charge is -2.61. The number of amides is 1. The molecule has 176 valence electrons. The minimum Gasteiger partial charge on any atom is -0.380 e. The summed E-state index contributed by atoms with van der Waals surface area (Å²) in [6, 6.07) is 10.5. The van der Waals surface area contributed by atoms with Gasteiger partial charge < -0.3 is 14.4 Å². The first kappa shape index (κ1) is 22.3. The van der Waals surface area contributed by atoms with E-state index in [2.05, 4.69) is 38.1 Å². The van der Waals surface area contributed by atoms with Crippen LogP contribution in [0.1, 0.15) is 58.4 Å². The Morgan fingerprint density at radius 1 is 1.06 bits per heavy atom. The summed E-state index contributed by atoms with van der Waals surface area (Å²) in [5.74, 6) is 0.249. The molecule has 6 rings (SSSR count). The maximum absolute atomic E-state index is 13.5. The molecule has 0 N–H and O–H groups in total. The van der Waals surface area contributed by atoms with Gasteiger partial charge in [-0.3, -0.25) is 4.79 Å². The smallest absolute Gasteiger partial charge is 0.227 e. The van der Waals surface area contributed by atoms with Crippen LogP contribution in [-0.4, -0.2) is 48.2 Å². The molecule has 6 heteroatoms. The van der Waals surface area contributed by atoms with Gasteiger partial charge in [0.25, 0.3) is 0 Å². The van der Waals surface area contributed by atoms with Gasteiger partial charge in [-0.2, -0.15) is 0 Å². The number of fused-ring (bicyclic) bond motifs is 2. The SMILES string of the molecule is C[C@@H]1CC[C@H]2[C@@H](C)C(=O)N(CCOCCCc3ccccc3)[C@@H]3O[C@]4(C)CC[C@@H]1[C@@]23OO4. The first-order valence-corrected chi connectivity index (χ1v) is 12.4. The summed E-state index contributed by atoms with van der Waals surface area (Å²) in [6.07, 6.45) is 5.47. The highest BCUT2D eigenvalue weighted by Gasteiger charge is 2.70. The van der Waals surface area contributed by atoms with Gasteiger partial charge in [0.05, 0.1) is 6.61 Å². The van der Waals surface area contributed by atoms with Gasteiger partial charge in [-0.05, 0) is 56.4 Å². The highest BCUT2D eigenvalue weighted by Crippen LogP contribution is 2.60. The van der Waals surface area contributed by atoms with Crippen molar-refractivity contribution in [2.75, 3.05) is 19.8 Å². The zero-order valence-electron chi connectivity index (χ0n) is 19.6. The number of carbonyl (C=O) groups excluding carboxylic acids is 1. The maximum atomic E-state index is 13.5. The molecule has 0 aromatic heterocycles. The lowest BCUT2D eigenvalue weighted by atomic mass is 9.57. The fourth-order valence-corrected chi connectivity index (χ4v) is 6.67. The van der Waals surface area contributed by atoms with E-state index in [-0.39, 0.29) is 17.7 Å². The monoisotopic (exact) mass is 443 g/mol. The molecule has 5 aliphatic rings. The summed E-state index contributed by atoms with van der Waals surface area (Å²) in [5, 5.41) is 0. The van der Waals surface area contributed by atoms with Crippen molar-refractivity contribution in [1.82, 2.24) is 4.90 Å². The second-order valence-corrected chi connectivity index (χ2v) is 10.5. The topological polar surface area (TPSA) is 57.2 Å². The van der Waals surface area contributed by atoms with Gasteiger partial charge in [0.1, 0.15) is 0 Å². The van der Waals surface area contributed by atoms with Crippen molar-refractivity contribution in [3.8, 4) is 0 Å². The number of carbonyl (C=O) groups is 1. The highest BCUT2D eigenvalue weighted by atomic mass is 17.3. The molecule has 0 unspecified atom stereocenters. The first-order valence-electron chi connectivity index (χ1n) is 12.4. The van der Waals surface area contributed by atoms with Crippen LogP contribution in [0.3, 0.4) is 0 Å². The molecular formula is C26H37NO5. The van der Waals surface area contributed by atoms with E-state index in [1.54, 1.807) is 0 Å². The van der Waals surface area contributed by atoms with Gasteiger partial charge in [-0.15, -0.1) is 0 Å². The van der Waals surface area contributed by atoms with Gasteiger partial charge in [0.15, 0.2) is 11.8 Å². The standard InChI is InChI=1S/C26H37NO5/c1-18-11-12-22-19(2)23(28)27(15-17-29-16-7-10-20-8-5-4-6-9-20)24-26(22)21(18)13-14-25(3,30-24)31-32-26/h4-6,8-9,18-19,21-22,24H,7,10-17H2,1-3H3/t18-,19-,21+,22+,24-,25+,26-/m1/s1. The minimum atomic E-state index is -0.798. The van der Waals surface area contributed by atoms with Crippen molar-refractivity contribution < 1.29 is 24.0 Å². The predicted molar refractivity (Wildman–Crippen MR) is 119 cm³/mol. The molecule has 1 aromatic rings. The Hall–Kier alpha value is -1.47. The molecule has 4 aliphatic heterocycles. The molecule has 1 saturated carbocycles. The normalized spacial score (nSPS) is 40.8. The molecule has 6 nitrogen and oxygen atoms in total. The molecule has 7 atom stereocenters. The van der Waals surface area contributed by atoms with E-state index in [0.29, 0.717) is 31.6 Å². The number of nitrogens with zero attached hydrogens (tertiary/aromatic N) is 1. The van der Waals surface area contributed by atoms with Crippen LogP contribution in [0, 0.1) is 23.7 Å². The second-order valence-electron chi connectivity index (χ2n) is 10.5. The van der Waals surface area contributed by atoms with E-state index < -0.39 is 17.6 Å². The Labute approximate surface area is 191 Å². The van der Waals surface area contributed by atoms with Crippen LogP contribution in [-0.2, 0) is 30.5 Å². The molecule has 32 heavy (non-hydrogen) atoms. The van der Waals surface area contributed by atoms with Crippen LogP contribution in [0.4, 0.5) is 0 Å². The second kappa shape index (κ2) is 8.71. The lowest BCUT2D eigenvalue weighted by Crippen LogP contribution is -2.75. The number of piperidine rings is 1. The van der Waals surface area contributed by atoms with E-state index in [1.165, 1.54) is 5.56 Å². The lowest BCUT2D eigenvalue weighted by molar-refractivity contribution is -0.547. The molecule has 1 aromatic carbocycles. The third-order valence-electron chi connectivity index (χ3n) is 8.43. The fourth-order valence-electron chi connectivity index (χ4n) is 6.67. The van der Waals surface area contributed by atoms with Gasteiger partial charge >= 0.3 is 0 Å². The summed E-state index contributed by atoms with van der Waals surface area (Å²) in [4.78, 5) is 27.5. The third kappa shape index (κ3) is 3.69. The van der Waals surface area contributed by atoms with E-state index in [9.17, 15) is 4.79 Å². The summed E-state index contributed by atoms with van der Waals surface area (Å²) in [6.45, 7) is 8.03. The summed E-state index contributed by atoms with van der Waals surface area (Å²) in [7, 11) is 0. The molecular weight excluding hydrogens is 406 g/mol. The van der Waals surface area contributed by atoms with Crippen LogP contribution in [0.5, 0.6) is 0 Å². The number of aryl methyl sites for hydroxylation is 1. The van der Waals surface area contributed by atoms with Crippen LogP contribution in [0.25, 0.3) is 0 Å². The van der Waals surface area contributed by atoms with Crippen molar-refractivity contribution in [1.29, 1.82) is 0 Å². The predicted octanol–water partition coefficient (Wildman–Crippen LogP) is 4.33. The number of likely N-dealkylation sites (tertiary alicyclic amines) is 1. The van der Waals surface area contributed by atoms with Crippen molar-refractivity contribution in [3.63, 3.8) is 0 Å². The van der Waals surface area contributed by atoms with Crippen molar-refractivity contribution in [2.24, 2.45) is 23.7 Å². The van der Waals surface area contributed by atoms with Crippen LogP contribution in [0.15, 0.2) is 30.3 Å². The van der Waals surface area contributed by atoms with Crippen molar-refractivity contribution in [2.45, 2.75) is 76.9 Å². The van der Waals surface area contributed by atoms with Gasteiger partial charge in [-0.25, -0.2) is 9.78 Å². The van der Waals surface area contributed by atoms with Gasteiger partial charge in [-0.1, -0.05) is 44.2 Å². The van der Waals surface area contributed by atoms with Crippen LogP contribution >= 0.6 is 0 Å².